The Hall–Kier alpha value is -5.54. The summed E-state index contributed by atoms with van der Waals surface area (Å²) in [5.41, 5.74) is 5.51. The zero-order valence-electron chi connectivity index (χ0n) is 41.1. The third-order valence-electron chi connectivity index (χ3n) is 13.2. The number of carbonyl (C=O) groups excluding carboxylic acids is 4. The van der Waals surface area contributed by atoms with Crippen molar-refractivity contribution in [1.82, 2.24) is 25.8 Å². The van der Waals surface area contributed by atoms with Gasteiger partial charge >= 0.3 is 6.03 Å². The normalized spacial score (nSPS) is 20.1. The standard InChI is InChI=1S/C52H67BrN8O7S/c1-31(33-13-15-34(16-14-33)43-32(2)56-30-69-43)57-45(64)39-27-61(28-41(39)62)46(65)44(50(3,4)5)59-42(63)29-67-24-12-10-11-23-55-36-18-20-37(21-19-36)58-49(66)60-47-51(6,7)48(52(47,8)9)68-38-22-17-35(26-54)40(53)25-38/h13-22,25,30-31,39,41,44,47-48,55,62H,10-12,23-24,27-29H2,1-9H3,(H,57,64)(H,59,63)(H2,58,60,66)/t31-,39-,41+,44+,47?,48?/m0/s1. The lowest BCUT2D eigenvalue weighted by molar-refractivity contribution is -0.163. The van der Waals surface area contributed by atoms with Crippen LogP contribution in [0.15, 0.2) is 76.7 Å². The van der Waals surface area contributed by atoms with E-state index in [-0.39, 0.29) is 66.6 Å². The number of urea groups is 1. The van der Waals surface area contributed by atoms with Crippen molar-refractivity contribution < 1.29 is 33.8 Å². The number of halogens is 1. The summed E-state index contributed by atoms with van der Waals surface area (Å²) in [6.07, 6.45) is 1.27. The highest BCUT2D eigenvalue weighted by molar-refractivity contribution is 9.10. The van der Waals surface area contributed by atoms with Crippen LogP contribution in [-0.2, 0) is 19.1 Å². The fraction of sp³-hybridized carbons (Fsp3) is 0.500. The molecule has 0 radical (unpaired) electrons. The lowest BCUT2D eigenvalue weighted by Gasteiger charge is -2.63. The Morgan fingerprint density at radius 3 is 2.26 bits per heavy atom. The number of aromatic nitrogens is 1. The summed E-state index contributed by atoms with van der Waals surface area (Å²) >= 11 is 5.01. The van der Waals surface area contributed by atoms with Gasteiger partial charge < -0.3 is 46.1 Å². The minimum absolute atomic E-state index is 0.0118. The van der Waals surface area contributed by atoms with Crippen LogP contribution in [0.1, 0.15) is 97.5 Å². The molecule has 2 heterocycles. The molecule has 6 rings (SSSR count). The molecule has 17 heteroatoms. The molecule has 6 N–H and O–H groups in total. The van der Waals surface area contributed by atoms with Gasteiger partial charge in [0.2, 0.25) is 17.7 Å². The number of hydrogen-bond donors (Lipinski definition) is 6. The number of nitriles is 1. The van der Waals surface area contributed by atoms with Gasteiger partial charge in [-0.1, -0.05) is 72.7 Å². The summed E-state index contributed by atoms with van der Waals surface area (Å²) < 4.78 is 12.7. The Morgan fingerprint density at radius 1 is 0.957 bits per heavy atom. The molecule has 1 aromatic heterocycles. The Labute approximate surface area is 418 Å². The summed E-state index contributed by atoms with van der Waals surface area (Å²) in [5.74, 6) is -1.26. The number of unbranched alkanes of at least 4 members (excludes halogenated alkanes) is 2. The quantitative estimate of drug-likeness (QED) is 0.0493. The van der Waals surface area contributed by atoms with Crippen molar-refractivity contribution in [2.75, 3.05) is 43.5 Å². The Balaban J connectivity index is 0.852. The smallest absolute Gasteiger partial charge is 0.319 e. The molecule has 0 bridgehead atoms. The van der Waals surface area contributed by atoms with E-state index in [1.807, 2.05) is 88.7 Å². The Kier molecular flexibility index (Phi) is 17.2. The van der Waals surface area contributed by atoms with Gasteiger partial charge in [0.1, 0.15) is 30.6 Å². The van der Waals surface area contributed by atoms with Crippen molar-refractivity contribution in [1.29, 1.82) is 5.26 Å². The molecule has 1 saturated heterocycles. The van der Waals surface area contributed by atoms with E-state index in [1.54, 1.807) is 29.5 Å². The van der Waals surface area contributed by atoms with Crippen LogP contribution in [0.5, 0.6) is 5.75 Å². The van der Waals surface area contributed by atoms with Gasteiger partial charge in [-0.2, -0.15) is 5.26 Å². The second kappa shape index (κ2) is 22.5. The summed E-state index contributed by atoms with van der Waals surface area (Å²) in [7, 11) is 0. The van der Waals surface area contributed by atoms with E-state index in [2.05, 4.69) is 81.3 Å². The van der Waals surface area contributed by atoms with E-state index in [0.29, 0.717) is 28.1 Å². The summed E-state index contributed by atoms with van der Waals surface area (Å²) in [5, 5.41) is 35.5. The number of hydrogen-bond acceptors (Lipinski definition) is 11. The average molecular weight is 1030 g/mol. The van der Waals surface area contributed by atoms with Crippen LogP contribution in [-0.4, -0.2) is 95.9 Å². The van der Waals surface area contributed by atoms with Crippen molar-refractivity contribution in [3.8, 4) is 22.3 Å². The molecule has 2 aliphatic rings. The number of aliphatic hydroxyl groups is 1. The fourth-order valence-corrected chi connectivity index (χ4v) is 10.9. The highest BCUT2D eigenvalue weighted by Crippen LogP contribution is 2.55. The number of nitrogens with zero attached hydrogens (tertiary/aromatic N) is 3. The van der Waals surface area contributed by atoms with Crippen molar-refractivity contribution in [2.24, 2.45) is 22.2 Å². The van der Waals surface area contributed by atoms with E-state index in [1.165, 1.54) is 4.90 Å². The summed E-state index contributed by atoms with van der Waals surface area (Å²) in [4.78, 5) is 60.2. The molecule has 69 heavy (non-hydrogen) atoms. The third kappa shape index (κ3) is 13.0. The molecule has 370 valence electrons. The average Bonchev–Trinajstić information content (AvgIpc) is 3.92. The first-order valence-corrected chi connectivity index (χ1v) is 25.2. The second-order valence-electron chi connectivity index (χ2n) is 20.4. The minimum atomic E-state index is -1.04. The summed E-state index contributed by atoms with van der Waals surface area (Å²) in [6, 6.07) is 21.3. The van der Waals surface area contributed by atoms with Crippen LogP contribution >= 0.6 is 27.3 Å². The van der Waals surface area contributed by atoms with Crippen LogP contribution < -0.4 is 31.3 Å². The molecule has 0 unspecified atom stereocenters. The number of thiazole rings is 1. The summed E-state index contributed by atoms with van der Waals surface area (Å²) in [6.45, 7) is 18.7. The number of rotatable bonds is 19. The maximum absolute atomic E-state index is 13.8. The molecule has 1 saturated carbocycles. The Morgan fingerprint density at radius 2 is 1.64 bits per heavy atom. The third-order valence-corrected chi connectivity index (χ3v) is 14.9. The number of benzene rings is 3. The maximum atomic E-state index is 13.8. The number of likely N-dealkylation sites (tertiary alicyclic amines) is 1. The molecule has 2 fully saturated rings. The number of amides is 5. The first-order chi connectivity index (χ1) is 32.6. The fourth-order valence-electron chi connectivity index (χ4n) is 9.63. The number of anilines is 2. The number of carbonyl (C=O) groups is 4. The van der Waals surface area contributed by atoms with Crippen LogP contribution in [0.4, 0.5) is 16.2 Å². The van der Waals surface area contributed by atoms with E-state index in [9.17, 15) is 29.5 Å². The van der Waals surface area contributed by atoms with E-state index < -0.39 is 29.4 Å². The van der Waals surface area contributed by atoms with Gasteiger partial charge in [-0.3, -0.25) is 14.4 Å². The SMILES string of the molecule is Cc1ncsc1-c1ccc([C@H](C)NC(=O)[C@H]2CN(C(=O)[C@@H](NC(=O)COCCCCCNc3ccc(NC(=O)NC4C(C)(C)C(Oc5ccc(C#N)c(Br)c5)C4(C)C)cc3)C(C)(C)C)C[C@H]2O)cc1. The van der Waals surface area contributed by atoms with Crippen molar-refractivity contribution in [2.45, 2.75) is 112 Å². The number of aryl methyl sites for hydroxylation is 1. The first kappa shape index (κ1) is 52.8. The van der Waals surface area contributed by atoms with Gasteiger partial charge in [-0.05, 0) is 108 Å². The number of β-amino-alcohol motifs (C(OH)–C–C–N with tert-alkyl or cyclic N) is 1. The largest absolute Gasteiger partial charge is 0.489 e. The molecule has 1 aliphatic carbocycles. The molecule has 0 spiro atoms. The number of ether oxygens (including phenoxy) is 2. The predicted octanol–water partition coefficient (Wildman–Crippen LogP) is 8.58. The molecule has 4 aromatic rings. The van der Waals surface area contributed by atoms with Crippen LogP contribution in [0, 0.1) is 40.4 Å². The van der Waals surface area contributed by atoms with Crippen molar-refractivity contribution in [3.63, 3.8) is 0 Å². The lowest BCUT2D eigenvalue weighted by atomic mass is 9.49. The van der Waals surface area contributed by atoms with Gasteiger partial charge in [-0.15, -0.1) is 11.3 Å². The van der Waals surface area contributed by atoms with Gasteiger partial charge in [-0.25, -0.2) is 9.78 Å². The van der Waals surface area contributed by atoms with E-state index in [4.69, 9.17) is 9.47 Å². The molecular weight excluding hydrogens is 961 g/mol. The molecular formula is C52H67BrN8O7S. The Bertz CT molecular complexity index is 2470. The highest BCUT2D eigenvalue weighted by Gasteiger charge is 2.64. The zero-order chi connectivity index (χ0) is 50.3. The molecule has 1 aliphatic heterocycles. The van der Waals surface area contributed by atoms with Crippen LogP contribution in [0.25, 0.3) is 10.4 Å². The molecule has 15 nitrogen and oxygen atoms in total. The maximum Gasteiger partial charge on any atom is 0.319 e. The predicted molar refractivity (Wildman–Crippen MR) is 273 cm³/mol. The molecule has 5 amide bonds. The number of nitrogens with one attached hydrogen (secondary N) is 5. The van der Waals surface area contributed by atoms with Gasteiger partial charge in [0.15, 0.2) is 0 Å². The van der Waals surface area contributed by atoms with Crippen LogP contribution in [0.3, 0.4) is 0 Å². The van der Waals surface area contributed by atoms with Gasteiger partial charge in [0.05, 0.1) is 39.7 Å². The van der Waals surface area contributed by atoms with Gasteiger partial charge in [0, 0.05) is 59.0 Å². The highest BCUT2D eigenvalue weighted by atomic mass is 79.9. The molecule has 4 atom stereocenters. The van der Waals surface area contributed by atoms with Crippen LogP contribution in [0.2, 0.25) is 0 Å². The van der Waals surface area contributed by atoms with Crippen molar-refractivity contribution >= 4 is 62.4 Å². The number of aliphatic hydroxyl groups excluding tert-OH is 1. The van der Waals surface area contributed by atoms with E-state index >= 15 is 0 Å². The van der Waals surface area contributed by atoms with E-state index in [0.717, 1.165) is 53.2 Å². The van der Waals surface area contributed by atoms with Crippen molar-refractivity contribution in [3.05, 3.63) is 93.5 Å². The first-order valence-electron chi connectivity index (χ1n) is 23.5. The topological polar surface area (TPSA) is 207 Å². The lowest BCUT2D eigenvalue weighted by Crippen LogP contribution is -2.75. The minimum Gasteiger partial charge on any atom is -0.489 e. The van der Waals surface area contributed by atoms with Gasteiger partial charge in [0.25, 0.3) is 0 Å². The second-order valence-corrected chi connectivity index (χ2v) is 22.2. The monoisotopic (exact) mass is 1030 g/mol. The molecule has 3 aromatic carbocycles. The zero-order valence-corrected chi connectivity index (χ0v) is 43.5.